The Hall–Kier alpha value is -2.93. The topological polar surface area (TPSA) is 64.2 Å². The third-order valence-electron chi connectivity index (χ3n) is 5.40. The van der Waals surface area contributed by atoms with Crippen LogP contribution < -0.4 is 9.88 Å². The zero-order valence-corrected chi connectivity index (χ0v) is 17.4. The number of methoxy groups -OCH3 is 1. The summed E-state index contributed by atoms with van der Waals surface area (Å²) in [6.45, 7) is 6.18. The van der Waals surface area contributed by atoms with Gasteiger partial charge in [0.1, 0.15) is 5.00 Å². The number of nitrogens with zero attached hydrogens (tertiary/aromatic N) is 2. The molecule has 0 aliphatic heterocycles. The van der Waals surface area contributed by atoms with Crippen LogP contribution in [0.2, 0.25) is 0 Å². The van der Waals surface area contributed by atoms with Crippen molar-refractivity contribution in [2.75, 3.05) is 12.4 Å². The first-order valence-corrected chi connectivity index (χ1v) is 10.5. The van der Waals surface area contributed by atoms with E-state index in [0.29, 0.717) is 16.5 Å². The number of anilines is 1. The molecule has 2 heterocycles. The second kappa shape index (κ2) is 7.83. The highest BCUT2D eigenvalue weighted by atomic mass is 32.1. The SMILES string of the molecule is C=Cn1c[n+](CC(=O)Nc2sc3c(c2C(=O)OC)CC[C@H](C)C3)c2ccccc21. The highest BCUT2D eigenvalue weighted by Gasteiger charge is 2.29. The Bertz CT molecular complexity index is 1110. The summed E-state index contributed by atoms with van der Waals surface area (Å²) in [5.74, 6) is 0.0119. The van der Waals surface area contributed by atoms with E-state index in [2.05, 4.69) is 18.8 Å². The average molecular weight is 411 g/mol. The smallest absolute Gasteiger partial charge is 0.341 e. The van der Waals surface area contributed by atoms with E-state index >= 15 is 0 Å². The number of thiophene rings is 1. The third kappa shape index (κ3) is 3.58. The van der Waals surface area contributed by atoms with Crippen LogP contribution in [0.3, 0.4) is 0 Å². The van der Waals surface area contributed by atoms with E-state index < -0.39 is 0 Å². The quantitative estimate of drug-likeness (QED) is 0.516. The number of aromatic nitrogens is 2. The standard InChI is InChI=1S/C22H23N3O3S/c1-4-24-13-25(17-8-6-5-7-16(17)24)12-19(26)23-21-20(22(27)28-3)15-10-9-14(2)11-18(15)29-21/h4-8,13-14H,1,9-12H2,2-3H3/p+1/t14-/m0/s1. The molecular weight excluding hydrogens is 386 g/mol. The van der Waals surface area contributed by atoms with Crippen molar-refractivity contribution >= 4 is 45.4 Å². The van der Waals surface area contributed by atoms with E-state index in [1.807, 2.05) is 39.7 Å². The largest absolute Gasteiger partial charge is 0.465 e. The fourth-order valence-corrected chi connectivity index (χ4v) is 5.36. The summed E-state index contributed by atoms with van der Waals surface area (Å²) in [6, 6.07) is 7.84. The maximum absolute atomic E-state index is 12.9. The second-order valence-corrected chi connectivity index (χ2v) is 8.52. The lowest BCUT2D eigenvalue weighted by Crippen LogP contribution is -2.39. The van der Waals surface area contributed by atoms with Gasteiger partial charge in [-0.2, -0.15) is 0 Å². The van der Waals surface area contributed by atoms with E-state index in [1.54, 1.807) is 6.20 Å². The number of carbonyl (C=O) groups excluding carboxylic acids is 2. The molecule has 29 heavy (non-hydrogen) atoms. The lowest BCUT2D eigenvalue weighted by Gasteiger charge is -2.18. The molecule has 0 fully saturated rings. The van der Waals surface area contributed by atoms with Gasteiger partial charge in [0.05, 0.1) is 18.9 Å². The Balaban J connectivity index is 1.62. The van der Waals surface area contributed by atoms with Gasteiger partial charge in [-0.15, -0.1) is 11.3 Å². The van der Waals surface area contributed by atoms with Gasteiger partial charge in [-0.1, -0.05) is 25.6 Å². The van der Waals surface area contributed by atoms with Gasteiger partial charge in [0.15, 0.2) is 17.6 Å². The number of ether oxygens (including phenoxy) is 1. The molecular formula is C22H24N3O3S+. The Morgan fingerprint density at radius 2 is 2.21 bits per heavy atom. The van der Waals surface area contributed by atoms with Crippen LogP contribution in [-0.2, 0) is 28.9 Å². The van der Waals surface area contributed by atoms with Crippen molar-refractivity contribution in [3.63, 3.8) is 0 Å². The van der Waals surface area contributed by atoms with E-state index in [1.165, 1.54) is 23.3 Å². The first kappa shape index (κ1) is 19.4. The highest BCUT2D eigenvalue weighted by Crippen LogP contribution is 2.40. The number of hydrogen-bond acceptors (Lipinski definition) is 4. The fourth-order valence-electron chi connectivity index (χ4n) is 3.95. The van der Waals surface area contributed by atoms with Crippen molar-refractivity contribution in [2.24, 2.45) is 5.92 Å². The summed E-state index contributed by atoms with van der Waals surface area (Å²) in [6.07, 6.45) is 6.37. The van der Waals surface area contributed by atoms with Crippen molar-refractivity contribution in [1.29, 1.82) is 0 Å². The molecule has 3 aromatic rings. The molecule has 0 saturated heterocycles. The number of amides is 1. The number of benzene rings is 1. The van der Waals surface area contributed by atoms with Gasteiger partial charge in [0.2, 0.25) is 6.33 Å². The Labute approximate surface area is 173 Å². The molecule has 4 rings (SSSR count). The van der Waals surface area contributed by atoms with Crippen LogP contribution in [0.4, 0.5) is 5.00 Å². The van der Waals surface area contributed by atoms with Crippen molar-refractivity contribution in [2.45, 2.75) is 32.7 Å². The minimum atomic E-state index is -0.386. The second-order valence-electron chi connectivity index (χ2n) is 7.42. The van der Waals surface area contributed by atoms with Crippen LogP contribution in [0.5, 0.6) is 0 Å². The zero-order chi connectivity index (χ0) is 20.5. The van der Waals surface area contributed by atoms with Crippen LogP contribution in [0.15, 0.2) is 37.2 Å². The summed E-state index contributed by atoms with van der Waals surface area (Å²) in [5.41, 5.74) is 3.47. The molecule has 1 N–H and O–H groups in total. The number of fused-ring (bicyclic) bond motifs is 2. The predicted molar refractivity (Wildman–Crippen MR) is 114 cm³/mol. The van der Waals surface area contributed by atoms with Gasteiger partial charge < -0.3 is 10.1 Å². The molecule has 0 unspecified atom stereocenters. The van der Waals surface area contributed by atoms with Gasteiger partial charge in [-0.3, -0.25) is 4.79 Å². The molecule has 1 amide bonds. The van der Waals surface area contributed by atoms with Crippen LogP contribution >= 0.6 is 11.3 Å². The summed E-state index contributed by atoms with van der Waals surface area (Å²) < 4.78 is 8.76. The molecule has 150 valence electrons. The van der Waals surface area contributed by atoms with E-state index in [9.17, 15) is 9.59 Å². The Kier molecular flexibility index (Phi) is 5.24. The fraction of sp³-hybridized carbons (Fsp3) is 0.318. The first-order chi connectivity index (χ1) is 14.0. The monoisotopic (exact) mass is 410 g/mol. The van der Waals surface area contributed by atoms with E-state index in [4.69, 9.17) is 4.74 Å². The molecule has 1 aliphatic rings. The Morgan fingerprint density at radius 3 is 2.97 bits per heavy atom. The van der Waals surface area contributed by atoms with Gasteiger partial charge in [-0.05, 0) is 42.9 Å². The first-order valence-electron chi connectivity index (χ1n) is 9.66. The lowest BCUT2D eigenvalue weighted by molar-refractivity contribution is -0.658. The average Bonchev–Trinajstić information content (AvgIpc) is 3.24. The molecule has 2 aromatic heterocycles. The number of imidazole rings is 1. The van der Waals surface area contributed by atoms with Crippen LogP contribution in [0, 0.1) is 5.92 Å². The van der Waals surface area contributed by atoms with Crippen molar-refractivity contribution in [3.05, 3.63) is 53.2 Å². The molecule has 0 saturated carbocycles. The van der Waals surface area contributed by atoms with Crippen LogP contribution in [-0.4, -0.2) is 23.6 Å². The van der Waals surface area contributed by atoms with Gasteiger partial charge in [0.25, 0.3) is 5.91 Å². The number of esters is 1. The van der Waals surface area contributed by atoms with Gasteiger partial charge in [-0.25, -0.2) is 13.9 Å². The summed E-state index contributed by atoms with van der Waals surface area (Å²) in [5, 5.41) is 3.55. The van der Waals surface area contributed by atoms with Gasteiger partial charge >= 0.3 is 5.97 Å². The normalized spacial score (nSPS) is 15.7. The number of carbonyl (C=O) groups is 2. The highest BCUT2D eigenvalue weighted by molar-refractivity contribution is 7.17. The Morgan fingerprint density at radius 1 is 1.41 bits per heavy atom. The van der Waals surface area contributed by atoms with Crippen molar-refractivity contribution < 1.29 is 18.9 Å². The molecule has 6 nitrogen and oxygen atoms in total. The van der Waals surface area contributed by atoms with Gasteiger partial charge in [0, 0.05) is 4.88 Å². The minimum absolute atomic E-state index is 0.140. The minimum Gasteiger partial charge on any atom is -0.465 e. The lowest BCUT2D eigenvalue weighted by atomic mass is 9.88. The molecule has 1 atom stereocenters. The molecule has 1 aromatic carbocycles. The molecule has 0 bridgehead atoms. The number of para-hydroxylation sites is 2. The summed E-state index contributed by atoms with van der Waals surface area (Å²) >= 11 is 1.50. The van der Waals surface area contributed by atoms with E-state index in [0.717, 1.165) is 35.9 Å². The van der Waals surface area contributed by atoms with Crippen LogP contribution in [0.1, 0.15) is 34.1 Å². The number of hydrogen-bond donors (Lipinski definition) is 1. The predicted octanol–water partition coefficient (Wildman–Crippen LogP) is 3.64. The number of nitrogens with one attached hydrogen (secondary N) is 1. The third-order valence-corrected chi connectivity index (χ3v) is 6.57. The maximum Gasteiger partial charge on any atom is 0.341 e. The molecule has 1 aliphatic carbocycles. The van der Waals surface area contributed by atoms with Crippen molar-refractivity contribution in [1.82, 2.24) is 4.57 Å². The van der Waals surface area contributed by atoms with Crippen molar-refractivity contribution in [3.8, 4) is 0 Å². The molecule has 0 spiro atoms. The van der Waals surface area contributed by atoms with E-state index in [-0.39, 0.29) is 18.4 Å². The maximum atomic E-state index is 12.9. The number of rotatable bonds is 5. The molecule has 7 heteroatoms. The van der Waals surface area contributed by atoms with Crippen LogP contribution in [0.25, 0.3) is 17.2 Å². The zero-order valence-electron chi connectivity index (χ0n) is 16.6. The molecule has 0 radical (unpaired) electrons. The summed E-state index contributed by atoms with van der Waals surface area (Å²) in [4.78, 5) is 26.4. The summed E-state index contributed by atoms with van der Waals surface area (Å²) in [7, 11) is 1.38.